The van der Waals surface area contributed by atoms with Gasteiger partial charge in [-0.2, -0.15) is 0 Å². The van der Waals surface area contributed by atoms with Crippen LogP contribution in [0.25, 0.3) is 11.1 Å². The first kappa shape index (κ1) is 23.2. The van der Waals surface area contributed by atoms with E-state index in [1.165, 1.54) is 22.3 Å². The van der Waals surface area contributed by atoms with Crippen molar-refractivity contribution in [1.29, 1.82) is 0 Å². The summed E-state index contributed by atoms with van der Waals surface area (Å²) in [6, 6.07) is 17.4. The molecule has 1 amide bonds. The van der Waals surface area contributed by atoms with E-state index in [0.717, 1.165) is 25.5 Å². The number of hydrogen-bond donors (Lipinski definition) is 2. The third-order valence-corrected chi connectivity index (χ3v) is 5.15. The lowest BCUT2D eigenvalue weighted by Gasteiger charge is -2.19. The second kappa shape index (κ2) is 11.2. The normalized spacial score (nSPS) is 16.3. The van der Waals surface area contributed by atoms with Gasteiger partial charge in [0.1, 0.15) is 0 Å². The summed E-state index contributed by atoms with van der Waals surface area (Å²) in [5, 5.41) is 6.84. The second-order valence-electron chi connectivity index (χ2n) is 7.32. The highest BCUT2D eigenvalue weighted by molar-refractivity contribution is 14.0. The van der Waals surface area contributed by atoms with Gasteiger partial charge in [0.25, 0.3) is 0 Å². The van der Waals surface area contributed by atoms with Gasteiger partial charge in [-0.25, -0.2) is 0 Å². The lowest BCUT2D eigenvalue weighted by molar-refractivity contribution is -0.129. The molecule has 0 aromatic heterocycles. The predicted octanol–water partition coefficient (Wildman–Crippen LogP) is 3.96. The van der Waals surface area contributed by atoms with E-state index in [1.807, 2.05) is 11.8 Å². The third kappa shape index (κ3) is 6.45. The van der Waals surface area contributed by atoms with Crippen LogP contribution in [0.4, 0.5) is 0 Å². The minimum absolute atomic E-state index is 0. The summed E-state index contributed by atoms with van der Waals surface area (Å²) in [7, 11) is 1.78. The first-order valence-electron chi connectivity index (χ1n) is 10.00. The molecule has 2 N–H and O–H groups in total. The van der Waals surface area contributed by atoms with E-state index in [4.69, 9.17) is 0 Å². The van der Waals surface area contributed by atoms with Crippen molar-refractivity contribution >= 4 is 35.8 Å². The molecule has 0 bridgehead atoms. The molecular weight excluding hydrogens is 475 g/mol. The highest BCUT2D eigenvalue weighted by Crippen LogP contribution is 2.21. The van der Waals surface area contributed by atoms with E-state index in [0.29, 0.717) is 13.0 Å². The van der Waals surface area contributed by atoms with Crippen molar-refractivity contribution in [2.24, 2.45) is 4.99 Å². The summed E-state index contributed by atoms with van der Waals surface area (Å²) in [6.07, 6.45) is 1.52. The van der Waals surface area contributed by atoms with Crippen LogP contribution in [-0.2, 0) is 11.3 Å². The number of carbonyl (C=O) groups is 1. The smallest absolute Gasteiger partial charge is 0.222 e. The summed E-state index contributed by atoms with van der Waals surface area (Å²) < 4.78 is 0. The number of hydrogen-bond acceptors (Lipinski definition) is 2. The molecule has 29 heavy (non-hydrogen) atoms. The SMILES string of the molecule is CCC(=O)N1CCC(NC(=NC)NCc2cccc(-c3cccc(C)c3)c2)C1.I. The van der Waals surface area contributed by atoms with Crippen molar-refractivity contribution in [2.45, 2.75) is 39.3 Å². The molecule has 156 valence electrons. The molecule has 1 heterocycles. The number of nitrogens with zero attached hydrogens (tertiary/aromatic N) is 2. The molecule has 0 aliphatic carbocycles. The van der Waals surface area contributed by atoms with Gasteiger partial charge in [0.15, 0.2) is 5.96 Å². The maximum atomic E-state index is 11.8. The summed E-state index contributed by atoms with van der Waals surface area (Å²) >= 11 is 0. The molecule has 6 heteroatoms. The van der Waals surface area contributed by atoms with Crippen LogP contribution < -0.4 is 10.6 Å². The molecule has 1 aliphatic heterocycles. The van der Waals surface area contributed by atoms with Crippen LogP contribution in [0.1, 0.15) is 30.9 Å². The second-order valence-corrected chi connectivity index (χ2v) is 7.32. The van der Waals surface area contributed by atoms with Crippen molar-refractivity contribution in [3.8, 4) is 11.1 Å². The number of aryl methyl sites for hydroxylation is 1. The van der Waals surface area contributed by atoms with Gasteiger partial charge in [-0.15, -0.1) is 24.0 Å². The Morgan fingerprint density at radius 2 is 1.90 bits per heavy atom. The molecule has 1 unspecified atom stereocenters. The Hall–Kier alpha value is -2.09. The number of aliphatic imine (C=N–C) groups is 1. The Bertz CT molecular complexity index is 852. The van der Waals surface area contributed by atoms with E-state index in [-0.39, 0.29) is 35.9 Å². The molecule has 3 rings (SSSR count). The van der Waals surface area contributed by atoms with Crippen molar-refractivity contribution in [2.75, 3.05) is 20.1 Å². The average Bonchev–Trinajstić information content (AvgIpc) is 3.19. The maximum absolute atomic E-state index is 11.8. The van der Waals surface area contributed by atoms with Crippen LogP contribution in [0, 0.1) is 6.92 Å². The van der Waals surface area contributed by atoms with E-state index in [1.54, 1.807) is 7.05 Å². The number of nitrogens with one attached hydrogen (secondary N) is 2. The third-order valence-electron chi connectivity index (χ3n) is 5.15. The van der Waals surface area contributed by atoms with Crippen molar-refractivity contribution < 1.29 is 4.79 Å². The molecule has 1 aliphatic rings. The van der Waals surface area contributed by atoms with Crippen molar-refractivity contribution in [1.82, 2.24) is 15.5 Å². The van der Waals surface area contributed by atoms with Gasteiger partial charge in [0, 0.05) is 39.1 Å². The van der Waals surface area contributed by atoms with Gasteiger partial charge >= 0.3 is 0 Å². The Morgan fingerprint density at radius 1 is 1.17 bits per heavy atom. The minimum Gasteiger partial charge on any atom is -0.352 e. The first-order valence-corrected chi connectivity index (χ1v) is 10.00. The zero-order valence-electron chi connectivity index (χ0n) is 17.4. The van der Waals surface area contributed by atoms with Gasteiger partial charge in [-0.05, 0) is 36.1 Å². The van der Waals surface area contributed by atoms with Crippen LogP contribution in [-0.4, -0.2) is 42.9 Å². The Kier molecular flexibility index (Phi) is 8.95. The molecular formula is C23H31IN4O. The lowest BCUT2D eigenvalue weighted by atomic mass is 10.0. The van der Waals surface area contributed by atoms with Crippen molar-refractivity contribution in [3.63, 3.8) is 0 Å². The minimum atomic E-state index is 0. The van der Waals surface area contributed by atoms with Gasteiger partial charge in [-0.3, -0.25) is 9.79 Å². The van der Waals surface area contributed by atoms with E-state index >= 15 is 0 Å². The van der Waals surface area contributed by atoms with Crippen LogP contribution in [0.2, 0.25) is 0 Å². The quantitative estimate of drug-likeness (QED) is 0.367. The summed E-state index contributed by atoms with van der Waals surface area (Å²) in [5.74, 6) is 0.997. The number of carbonyl (C=O) groups excluding carboxylic acids is 1. The Labute approximate surface area is 191 Å². The van der Waals surface area contributed by atoms with E-state index in [2.05, 4.69) is 71.1 Å². The number of likely N-dealkylation sites (tertiary alicyclic amines) is 1. The van der Waals surface area contributed by atoms with Gasteiger partial charge in [0.05, 0.1) is 0 Å². The fourth-order valence-corrected chi connectivity index (χ4v) is 3.59. The number of guanidine groups is 1. The molecule has 0 saturated carbocycles. The molecule has 2 aromatic carbocycles. The summed E-state index contributed by atoms with van der Waals surface area (Å²) in [4.78, 5) is 18.1. The largest absolute Gasteiger partial charge is 0.352 e. The maximum Gasteiger partial charge on any atom is 0.222 e. The van der Waals surface area contributed by atoms with Crippen molar-refractivity contribution in [3.05, 3.63) is 59.7 Å². The topological polar surface area (TPSA) is 56.7 Å². The average molecular weight is 506 g/mol. The number of benzene rings is 2. The molecule has 2 aromatic rings. The molecule has 1 saturated heterocycles. The van der Waals surface area contributed by atoms with Crippen LogP contribution >= 0.6 is 24.0 Å². The van der Waals surface area contributed by atoms with E-state index < -0.39 is 0 Å². The van der Waals surface area contributed by atoms with Crippen LogP contribution in [0.3, 0.4) is 0 Å². The Balaban J connectivity index is 0.00000300. The monoisotopic (exact) mass is 506 g/mol. The van der Waals surface area contributed by atoms with Crippen LogP contribution in [0.15, 0.2) is 53.5 Å². The number of halogens is 1. The van der Waals surface area contributed by atoms with Gasteiger partial charge < -0.3 is 15.5 Å². The van der Waals surface area contributed by atoms with Gasteiger partial charge in [0.2, 0.25) is 5.91 Å². The first-order chi connectivity index (χ1) is 13.6. The fourth-order valence-electron chi connectivity index (χ4n) is 3.59. The number of rotatable bonds is 5. The molecule has 1 atom stereocenters. The zero-order chi connectivity index (χ0) is 19.9. The van der Waals surface area contributed by atoms with E-state index in [9.17, 15) is 4.79 Å². The summed E-state index contributed by atoms with van der Waals surface area (Å²) in [5.41, 5.74) is 4.92. The highest BCUT2D eigenvalue weighted by atomic mass is 127. The van der Waals surface area contributed by atoms with Crippen LogP contribution in [0.5, 0.6) is 0 Å². The summed E-state index contributed by atoms with van der Waals surface area (Å²) in [6.45, 7) is 6.29. The van der Waals surface area contributed by atoms with Gasteiger partial charge in [-0.1, -0.05) is 55.0 Å². The fraction of sp³-hybridized carbons (Fsp3) is 0.391. The molecule has 0 spiro atoms. The zero-order valence-corrected chi connectivity index (χ0v) is 19.8. The molecule has 1 fully saturated rings. The molecule has 5 nitrogen and oxygen atoms in total. The molecule has 0 radical (unpaired) electrons. The number of amides is 1. The lowest BCUT2D eigenvalue weighted by Crippen LogP contribution is -2.44. The highest BCUT2D eigenvalue weighted by Gasteiger charge is 2.25. The predicted molar refractivity (Wildman–Crippen MR) is 131 cm³/mol. The Morgan fingerprint density at radius 3 is 2.59 bits per heavy atom. The standard InChI is InChI=1S/C23H30N4O.HI/c1-4-22(28)27-12-11-21(16-27)26-23(24-3)25-15-18-8-6-10-20(14-18)19-9-5-7-17(2)13-19;/h5-10,13-14,21H,4,11-12,15-16H2,1-3H3,(H2,24,25,26);1H.